The second kappa shape index (κ2) is 4.44. The molecule has 0 unspecified atom stereocenters. The second-order valence-electron chi connectivity index (χ2n) is 3.82. The van der Waals surface area contributed by atoms with Crippen molar-refractivity contribution in [2.45, 2.75) is 20.8 Å². The summed E-state index contributed by atoms with van der Waals surface area (Å²) in [6, 6.07) is 0. The summed E-state index contributed by atoms with van der Waals surface area (Å²) in [5, 5.41) is 7.41. The third-order valence-electron chi connectivity index (χ3n) is 2.80. The van der Waals surface area contributed by atoms with Gasteiger partial charge in [0.25, 0.3) is 0 Å². The molecule has 6 heteroatoms. The number of halogens is 1. The predicted octanol–water partition coefficient (Wildman–Crippen LogP) is 2.39. The van der Waals surface area contributed by atoms with Crippen molar-refractivity contribution in [2.24, 2.45) is 0 Å². The SMILES string of the molecule is CNc1ncc(Br)c(-n2nc(C)c(C)c2C)n1. The molecular weight excluding hydrogens is 282 g/mol. The van der Waals surface area contributed by atoms with Crippen LogP contribution in [0.5, 0.6) is 0 Å². The van der Waals surface area contributed by atoms with Gasteiger partial charge in [-0.15, -0.1) is 0 Å². The molecule has 0 aliphatic heterocycles. The van der Waals surface area contributed by atoms with E-state index in [1.54, 1.807) is 13.2 Å². The van der Waals surface area contributed by atoms with E-state index in [0.29, 0.717) is 5.95 Å². The van der Waals surface area contributed by atoms with Crippen LogP contribution in [0.25, 0.3) is 5.82 Å². The van der Waals surface area contributed by atoms with Gasteiger partial charge in [0, 0.05) is 18.9 Å². The van der Waals surface area contributed by atoms with Gasteiger partial charge in [0.05, 0.1) is 10.2 Å². The highest BCUT2D eigenvalue weighted by molar-refractivity contribution is 9.10. The van der Waals surface area contributed by atoms with Crippen molar-refractivity contribution in [3.63, 3.8) is 0 Å². The maximum absolute atomic E-state index is 4.48. The smallest absolute Gasteiger partial charge is 0.224 e. The zero-order valence-electron chi connectivity index (χ0n) is 10.2. The van der Waals surface area contributed by atoms with Crippen molar-refractivity contribution in [3.8, 4) is 5.82 Å². The molecule has 0 amide bonds. The Bertz CT molecular complexity index is 561. The van der Waals surface area contributed by atoms with E-state index in [0.717, 1.165) is 21.7 Å². The highest BCUT2D eigenvalue weighted by atomic mass is 79.9. The van der Waals surface area contributed by atoms with Gasteiger partial charge in [-0.1, -0.05) is 0 Å². The first-order valence-corrected chi connectivity index (χ1v) is 6.07. The molecule has 0 aliphatic carbocycles. The molecule has 0 saturated carbocycles. The molecule has 0 atom stereocenters. The Morgan fingerprint density at radius 3 is 2.53 bits per heavy atom. The van der Waals surface area contributed by atoms with E-state index >= 15 is 0 Å². The Morgan fingerprint density at radius 1 is 1.29 bits per heavy atom. The average Bonchev–Trinajstić information content (AvgIpc) is 2.58. The molecule has 2 aromatic heterocycles. The van der Waals surface area contributed by atoms with Crippen LogP contribution in [-0.4, -0.2) is 26.8 Å². The van der Waals surface area contributed by atoms with Gasteiger partial charge in [-0.2, -0.15) is 10.1 Å². The van der Waals surface area contributed by atoms with Crippen LogP contribution in [0.4, 0.5) is 5.95 Å². The van der Waals surface area contributed by atoms with E-state index in [1.165, 1.54) is 5.56 Å². The van der Waals surface area contributed by atoms with Crippen LogP contribution in [0.3, 0.4) is 0 Å². The summed E-state index contributed by atoms with van der Waals surface area (Å²) in [4.78, 5) is 8.54. The van der Waals surface area contributed by atoms with Crippen molar-refractivity contribution in [1.82, 2.24) is 19.7 Å². The summed E-state index contributed by atoms with van der Waals surface area (Å²) in [6.45, 7) is 6.08. The molecule has 5 nitrogen and oxygen atoms in total. The van der Waals surface area contributed by atoms with Gasteiger partial charge >= 0.3 is 0 Å². The summed E-state index contributed by atoms with van der Waals surface area (Å²) in [5.41, 5.74) is 3.28. The minimum atomic E-state index is 0.577. The molecule has 1 N–H and O–H groups in total. The zero-order valence-corrected chi connectivity index (χ0v) is 11.8. The number of nitrogens with one attached hydrogen (secondary N) is 1. The largest absolute Gasteiger partial charge is 0.357 e. The fourth-order valence-electron chi connectivity index (χ4n) is 1.55. The van der Waals surface area contributed by atoms with Crippen LogP contribution in [0, 0.1) is 20.8 Å². The minimum Gasteiger partial charge on any atom is -0.357 e. The molecule has 2 rings (SSSR count). The number of hydrogen-bond acceptors (Lipinski definition) is 4. The Balaban J connectivity index is 2.63. The van der Waals surface area contributed by atoms with Gasteiger partial charge in [0.2, 0.25) is 5.95 Å². The van der Waals surface area contributed by atoms with E-state index in [1.807, 2.05) is 18.5 Å². The molecule has 2 aromatic rings. The fourth-order valence-corrected chi connectivity index (χ4v) is 1.91. The van der Waals surface area contributed by atoms with E-state index in [2.05, 4.69) is 43.2 Å². The number of nitrogens with zero attached hydrogens (tertiary/aromatic N) is 4. The normalized spacial score (nSPS) is 10.6. The fraction of sp³-hybridized carbons (Fsp3) is 0.364. The Hall–Kier alpha value is -1.43. The summed E-state index contributed by atoms with van der Waals surface area (Å²) in [6.07, 6.45) is 1.72. The van der Waals surface area contributed by atoms with E-state index in [-0.39, 0.29) is 0 Å². The van der Waals surface area contributed by atoms with Crippen LogP contribution in [0.15, 0.2) is 10.7 Å². The van der Waals surface area contributed by atoms with Crippen molar-refractivity contribution >= 4 is 21.9 Å². The average molecular weight is 296 g/mol. The molecular formula is C11H14BrN5. The maximum Gasteiger partial charge on any atom is 0.224 e. The molecule has 0 saturated heterocycles. The van der Waals surface area contributed by atoms with Crippen LogP contribution in [0.1, 0.15) is 17.0 Å². The van der Waals surface area contributed by atoms with Gasteiger partial charge in [0.1, 0.15) is 0 Å². The second-order valence-corrected chi connectivity index (χ2v) is 4.68. The van der Waals surface area contributed by atoms with Crippen molar-refractivity contribution in [2.75, 3.05) is 12.4 Å². The van der Waals surface area contributed by atoms with Gasteiger partial charge in [0.15, 0.2) is 5.82 Å². The molecule has 90 valence electrons. The highest BCUT2D eigenvalue weighted by Crippen LogP contribution is 2.22. The van der Waals surface area contributed by atoms with E-state index < -0.39 is 0 Å². The van der Waals surface area contributed by atoms with Gasteiger partial charge in [-0.3, -0.25) is 0 Å². The molecule has 0 aliphatic rings. The van der Waals surface area contributed by atoms with Crippen LogP contribution in [-0.2, 0) is 0 Å². The number of anilines is 1. The summed E-state index contributed by atoms with van der Waals surface area (Å²) >= 11 is 3.45. The first kappa shape index (κ1) is 12.0. The third-order valence-corrected chi connectivity index (χ3v) is 3.36. The van der Waals surface area contributed by atoms with Crippen molar-refractivity contribution in [3.05, 3.63) is 27.6 Å². The van der Waals surface area contributed by atoms with Gasteiger partial charge in [-0.05, 0) is 42.3 Å². The minimum absolute atomic E-state index is 0.577. The lowest BCUT2D eigenvalue weighted by atomic mass is 10.2. The lowest BCUT2D eigenvalue weighted by molar-refractivity contribution is 0.796. The lowest BCUT2D eigenvalue weighted by Gasteiger charge is -2.07. The first-order valence-electron chi connectivity index (χ1n) is 5.28. The number of rotatable bonds is 2. The summed E-state index contributed by atoms with van der Waals surface area (Å²) in [7, 11) is 1.79. The van der Waals surface area contributed by atoms with Crippen LogP contribution < -0.4 is 5.32 Å². The monoisotopic (exact) mass is 295 g/mol. The molecule has 17 heavy (non-hydrogen) atoms. The molecule has 2 heterocycles. The topological polar surface area (TPSA) is 55.6 Å². The highest BCUT2D eigenvalue weighted by Gasteiger charge is 2.13. The number of aromatic nitrogens is 4. The Morgan fingerprint density at radius 2 is 2.00 bits per heavy atom. The number of aryl methyl sites for hydroxylation is 1. The lowest BCUT2D eigenvalue weighted by Crippen LogP contribution is -2.06. The van der Waals surface area contributed by atoms with Gasteiger partial charge < -0.3 is 5.32 Å². The van der Waals surface area contributed by atoms with E-state index in [9.17, 15) is 0 Å². The van der Waals surface area contributed by atoms with Crippen molar-refractivity contribution in [1.29, 1.82) is 0 Å². The van der Waals surface area contributed by atoms with Crippen molar-refractivity contribution < 1.29 is 0 Å². The van der Waals surface area contributed by atoms with E-state index in [4.69, 9.17) is 0 Å². The predicted molar refractivity (Wildman–Crippen MR) is 70.6 cm³/mol. The Kier molecular flexibility index (Phi) is 3.15. The first-order chi connectivity index (χ1) is 8.04. The molecule has 0 aromatic carbocycles. The molecule has 0 radical (unpaired) electrons. The zero-order chi connectivity index (χ0) is 12.6. The summed E-state index contributed by atoms with van der Waals surface area (Å²) < 4.78 is 2.65. The maximum atomic E-state index is 4.48. The number of hydrogen-bond donors (Lipinski definition) is 1. The van der Waals surface area contributed by atoms with Crippen LogP contribution in [0.2, 0.25) is 0 Å². The van der Waals surface area contributed by atoms with Crippen LogP contribution >= 0.6 is 15.9 Å². The molecule has 0 fully saturated rings. The van der Waals surface area contributed by atoms with Gasteiger partial charge in [-0.25, -0.2) is 9.67 Å². The quantitative estimate of drug-likeness (QED) is 0.924. The standard InChI is InChI=1S/C11H14BrN5/c1-6-7(2)16-17(8(6)3)10-9(12)5-14-11(13-4)15-10/h5H,1-4H3,(H,13,14,15). The Labute approximate surface area is 108 Å². The third kappa shape index (κ3) is 2.04. The summed E-state index contributed by atoms with van der Waals surface area (Å²) in [5.74, 6) is 1.33. The molecule has 0 spiro atoms. The molecule has 0 bridgehead atoms.